The Morgan fingerprint density at radius 2 is 2.36 bits per heavy atom. The van der Waals surface area contributed by atoms with Gasteiger partial charge in [0.25, 0.3) is 0 Å². The Kier molecular flexibility index (Phi) is 3.08. The van der Waals surface area contributed by atoms with E-state index in [1.54, 1.807) is 0 Å². The fourth-order valence-corrected chi connectivity index (χ4v) is 1.37. The van der Waals surface area contributed by atoms with Crippen LogP contribution in [0, 0.1) is 10.1 Å². The average molecular weight is 155 g/mol. The molecule has 0 fully saturated rings. The van der Waals surface area contributed by atoms with Gasteiger partial charge in [0.2, 0.25) is 6.54 Å². The van der Waals surface area contributed by atoms with Crippen molar-refractivity contribution in [2.45, 2.75) is 32.1 Å². The van der Waals surface area contributed by atoms with E-state index in [0.29, 0.717) is 6.42 Å². The van der Waals surface area contributed by atoms with Crippen molar-refractivity contribution in [2.75, 3.05) is 6.54 Å². The van der Waals surface area contributed by atoms with Gasteiger partial charge in [-0.15, -0.1) is 0 Å². The molecule has 0 N–H and O–H groups in total. The molecule has 62 valence electrons. The van der Waals surface area contributed by atoms with E-state index in [4.69, 9.17) is 0 Å². The van der Waals surface area contributed by atoms with Crippen molar-refractivity contribution < 1.29 is 4.92 Å². The fourth-order valence-electron chi connectivity index (χ4n) is 1.37. The molecule has 0 amide bonds. The minimum absolute atomic E-state index is 0.103. The van der Waals surface area contributed by atoms with Crippen LogP contribution >= 0.6 is 0 Å². The molecule has 0 aromatic heterocycles. The molecular formula is C8H13NO2. The van der Waals surface area contributed by atoms with E-state index >= 15 is 0 Å². The van der Waals surface area contributed by atoms with Gasteiger partial charge in [-0.3, -0.25) is 10.1 Å². The minimum atomic E-state index is -0.241. The third kappa shape index (κ3) is 3.16. The maximum absolute atomic E-state index is 10.0. The zero-order chi connectivity index (χ0) is 8.10. The van der Waals surface area contributed by atoms with E-state index in [1.807, 2.05) is 0 Å². The molecule has 1 aliphatic rings. The topological polar surface area (TPSA) is 43.1 Å². The van der Waals surface area contributed by atoms with Crippen molar-refractivity contribution in [1.29, 1.82) is 0 Å². The molecule has 1 aliphatic carbocycles. The van der Waals surface area contributed by atoms with Gasteiger partial charge in [0.05, 0.1) is 0 Å². The molecule has 0 saturated heterocycles. The van der Waals surface area contributed by atoms with Crippen molar-refractivity contribution >= 4 is 0 Å². The Balaban J connectivity index is 2.24. The summed E-state index contributed by atoms with van der Waals surface area (Å²) in [5.74, 6) is 0. The van der Waals surface area contributed by atoms with Crippen LogP contribution in [0.15, 0.2) is 11.6 Å². The van der Waals surface area contributed by atoms with Gasteiger partial charge < -0.3 is 0 Å². The lowest BCUT2D eigenvalue weighted by Gasteiger charge is -2.09. The Morgan fingerprint density at radius 3 is 2.91 bits per heavy atom. The number of hydrogen-bond donors (Lipinski definition) is 0. The summed E-state index contributed by atoms with van der Waals surface area (Å²) in [4.78, 5) is 9.78. The summed E-state index contributed by atoms with van der Waals surface area (Å²) in [5.41, 5.74) is 1.29. The van der Waals surface area contributed by atoms with Crippen LogP contribution in [0.5, 0.6) is 0 Å². The SMILES string of the molecule is O=[N+]([O-])CCC1=CCCCC1. The molecule has 0 aromatic rings. The molecule has 1 rings (SSSR count). The van der Waals surface area contributed by atoms with Crippen molar-refractivity contribution in [3.63, 3.8) is 0 Å². The predicted octanol–water partition coefficient (Wildman–Crippen LogP) is 2.15. The monoisotopic (exact) mass is 155 g/mol. The first kappa shape index (κ1) is 8.24. The number of hydrogen-bond acceptors (Lipinski definition) is 2. The predicted molar refractivity (Wildman–Crippen MR) is 43.0 cm³/mol. The molecule has 0 atom stereocenters. The lowest BCUT2D eigenvalue weighted by atomic mass is 9.97. The van der Waals surface area contributed by atoms with Crippen molar-refractivity contribution in [1.82, 2.24) is 0 Å². The quantitative estimate of drug-likeness (QED) is 0.356. The summed E-state index contributed by atoms with van der Waals surface area (Å²) in [6.45, 7) is 0.103. The van der Waals surface area contributed by atoms with Gasteiger partial charge in [-0.1, -0.05) is 11.6 Å². The van der Waals surface area contributed by atoms with E-state index in [-0.39, 0.29) is 11.5 Å². The molecule has 0 heterocycles. The van der Waals surface area contributed by atoms with Crippen LogP contribution in [0.4, 0.5) is 0 Å². The summed E-state index contributed by atoms with van der Waals surface area (Å²) in [6.07, 6.45) is 7.48. The molecule has 3 heteroatoms. The van der Waals surface area contributed by atoms with E-state index in [1.165, 1.54) is 18.4 Å². The van der Waals surface area contributed by atoms with Crippen LogP contribution in [0.1, 0.15) is 32.1 Å². The zero-order valence-electron chi connectivity index (χ0n) is 6.58. The summed E-state index contributed by atoms with van der Waals surface area (Å²) in [5, 5.41) is 10.0. The maximum Gasteiger partial charge on any atom is 0.207 e. The number of nitrogens with zero attached hydrogens (tertiary/aromatic N) is 1. The third-order valence-corrected chi connectivity index (χ3v) is 2.00. The van der Waals surface area contributed by atoms with E-state index < -0.39 is 0 Å². The van der Waals surface area contributed by atoms with Gasteiger partial charge in [0, 0.05) is 11.3 Å². The molecule has 0 bridgehead atoms. The second kappa shape index (κ2) is 4.11. The Labute approximate surface area is 66.3 Å². The molecule has 0 aromatic carbocycles. The number of nitro groups is 1. The summed E-state index contributed by atoms with van der Waals surface area (Å²) in [6, 6.07) is 0. The highest BCUT2D eigenvalue weighted by Gasteiger charge is 2.05. The zero-order valence-corrected chi connectivity index (χ0v) is 6.58. The first-order valence-corrected chi connectivity index (χ1v) is 4.09. The molecule has 0 unspecified atom stereocenters. The highest BCUT2D eigenvalue weighted by atomic mass is 16.6. The van der Waals surface area contributed by atoms with Crippen molar-refractivity contribution in [2.24, 2.45) is 0 Å². The van der Waals surface area contributed by atoms with Gasteiger partial charge in [-0.25, -0.2) is 0 Å². The minimum Gasteiger partial charge on any atom is -0.265 e. The highest BCUT2D eigenvalue weighted by molar-refractivity contribution is 5.04. The van der Waals surface area contributed by atoms with Crippen LogP contribution in [0.25, 0.3) is 0 Å². The second-order valence-corrected chi connectivity index (χ2v) is 2.91. The van der Waals surface area contributed by atoms with Crippen LogP contribution in [0.3, 0.4) is 0 Å². The normalized spacial score (nSPS) is 17.6. The van der Waals surface area contributed by atoms with E-state index in [9.17, 15) is 10.1 Å². The Bertz CT molecular complexity index is 175. The van der Waals surface area contributed by atoms with Crippen LogP contribution in [0.2, 0.25) is 0 Å². The first-order chi connectivity index (χ1) is 5.29. The van der Waals surface area contributed by atoms with Crippen molar-refractivity contribution in [3.05, 3.63) is 21.8 Å². The second-order valence-electron chi connectivity index (χ2n) is 2.91. The third-order valence-electron chi connectivity index (χ3n) is 2.00. The Hall–Kier alpha value is -0.860. The largest absolute Gasteiger partial charge is 0.265 e. The van der Waals surface area contributed by atoms with Gasteiger partial charge >= 0.3 is 0 Å². The van der Waals surface area contributed by atoms with E-state index in [0.717, 1.165) is 12.8 Å². The molecule has 11 heavy (non-hydrogen) atoms. The smallest absolute Gasteiger partial charge is 0.207 e. The molecule has 0 saturated carbocycles. The summed E-state index contributed by atoms with van der Waals surface area (Å²) >= 11 is 0. The van der Waals surface area contributed by atoms with Crippen LogP contribution < -0.4 is 0 Å². The van der Waals surface area contributed by atoms with Gasteiger partial charge in [0.1, 0.15) is 0 Å². The summed E-state index contributed by atoms with van der Waals surface area (Å²) < 4.78 is 0. The molecule has 0 spiro atoms. The van der Waals surface area contributed by atoms with Gasteiger partial charge in [-0.05, 0) is 25.7 Å². The number of allylic oxidation sites excluding steroid dienone is 1. The van der Waals surface area contributed by atoms with E-state index in [2.05, 4.69) is 6.08 Å². The first-order valence-electron chi connectivity index (χ1n) is 4.09. The lowest BCUT2D eigenvalue weighted by Crippen LogP contribution is -2.03. The molecule has 0 aliphatic heterocycles. The van der Waals surface area contributed by atoms with Gasteiger partial charge in [0.15, 0.2) is 0 Å². The summed E-state index contributed by atoms with van der Waals surface area (Å²) in [7, 11) is 0. The molecule has 0 radical (unpaired) electrons. The number of rotatable bonds is 3. The molecule has 3 nitrogen and oxygen atoms in total. The lowest BCUT2D eigenvalue weighted by molar-refractivity contribution is -0.479. The van der Waals surface area contributed by atoms with Crippen LogP contribution in [-0.4, -0.2) is 11.5 Å². The van der Waals surface area contributed by atoms with Gasteiger partial charge in [-0.2, -0.15) is 0 Å². The van der Waals surface area contributed by atoms with Crippen molar-refractivity contribution in [3.8, 4) is 0 Å². The van der Waals surface area contributed by atoms with Crippen LogP contribution in [-0.2, 0) is 0 Å². The highest BCUT2D eigenvalue weighted by Crippen LogP contribution is 2.19. The average Bonchev–Trinajstić information content (AvgIpc) is 2.03. The standard InChI is InChI=1S/C8H13NO2/c10-9(11)7-6-8-4-2-1-3-5-8/h4H,1-3,5-7H2. The maximum atomic E-state index is 10.0. The Morgan fingerprint density at radius 1 is 1.55 bits per heavy atom. The fraction of sp³-hybridized carbons (Fsp3) is 0.750. The molecular weight excluding hydrogens is 142 g/mol.